The van der Waals surface area contributed by atoms with Gasteiger partial charge in [-0.05, 0) is 32.3 Å². The second kappa shape index (κ2) is 7.72. The maximum atomic E-state index is 5.72. The summed E-state index contributed by atoms with van der Waals surface area (Å²) in [6.07, 6.45) is 1.22. The topological polar surface area (TPSA) is 77.0 Å². The molecule has 0 aromatic carbocycles. The molecule has 8 heteroatoms. The van der Waals surface area contributed by atoms with Crippen LogP contribution in [0.2, 0.25) is 0 Å². The molecular weight excluding hydrogens is 336 g/mol. The number of nitrogens with zero attached hydrogens (tertiary/aromatic N) is 3. The highest BCUT2D eigenvalue weighted by atomic mass is 35.5. The van der Waals surface area contributed by atoms with E-state index in [1.165, 1.54) is 0 Å². The van der Waals surface area contributed by atoms with Crippen LogP contribution >= 0.6 is 23.7 Å². The van der Waals surface area contributed by atoms with Gasteiger partial charge in [-0.15, -0.1) is 23.7 Å². The van der Waals surface area contributed by atoms with Crippen molar-refractivity contribution in [2.45, 2.75) is 32.7 Å². The Hall–Kier alpha value is -1.70. The van der Waals surface area contributed by atoms with Crippen LogP contribution in [0.3, 0.4) is 0 Å². The highest BCUT2D eigenvalue weighted by molar-refractivity contribution is 7.13. The van der Waals surface area contributed by atoms with Crippen LogP contribution < -0.4 is 5.32 Å². The van der Waals surface area contributed by atoms with E-state index in [0.29, 0.717) is 30.1 Å². The first kappa shape index (κ1) is 17.7. The molecule has 0 aliphatic heterocycles. The Bertz CT molecular complexity index is 739. The lowest BCUT2D eigenvalue weighted by Crippen LogP contribution is -2.24. The summed E-state index contributed by atoms with van der Waals surface area (Å²) in [6.45, 7) is 3.98. The van der Waals surface area contributed by atoms with Gasteiger partial charge in [0, 0.05) is 12.5 Å². The van der Waals surface area contributed by atoms with E-state index < -0.39 is 0 Å². The summed E-state index contributed by atoms with van der Waals surface area (Å²) in [5, 5.41) is 9.16. The summed E-state index contributed by atoms with van der Waals surface area (Å²) < 4.78 is 11.0. The number of rotatable bonds is 6. The van der Waals surface area contributed by atoms with Crippen LogP contribution in [-0.4, -0.2) is 28.2 Å². The molecule has 3 heterocycles. The van der Waals surface area contributed by atoms with E-state index in [0.717, 1.165) is 22.8 Å². The summed E-state index contributed by atoms with van der Waals surface area (Å²) in [5.41, 5.74) is 0.834. The van der Waals surface area contributed by atoms with Gasteiger partial charge in [0.1, 0.15) is 5.76 Å². The third-order valence-electron chi connectivity index (χ3n) is 3.44. The van der Waals surface area contributed by atoms with Crippen molar-refractivity contribution in [3.63, 3.8) is 0 Å². The first-order valence-electron chi connectivity index (χ1n) is 7.14. The summed E-state index contributed by atoms with van der Waals surface area (Å²) in [6, 6.07) is 4.28. The number of aryl methyl sites for hydroxylation is 1. The molecule has 1 atom stereocenters. The van der Waals surface area contributed by atoms with Gasteiger partial charge >= 0.3 is 0 Å². The fourth-order valence-corrected chi connectivity index (χ4v) is 2.71. The molecule has 0 fully saturated rings. The molecule has 124 valence electrons. The SMILES string of the molecule is CNC(C)Cc1noc(Cc2nc(-c3cccs3)oc2C)n1.Cl. The van der Waals surface area contributed by atoms with Gasteiger partial charge < -0.3 is 14.3 Å². The van der Waals surface area contributed by atoms with Crippen LogP contribution in [0.1, 0.15) is 30.1 Å². The highest BCUT2D eigenvalue weighted by Gasteiger charge is 2.16. The zero-order valence-corrected chi connectivity index (χ0v) is 14.8. The molecule has 3 aromatic rings. The summed E-state index contributed by atoms with van der Waals surface area (Å²) >= 11 is 1.60. The Balaban J connectivity index is 0.00000192. The first-order chi connectivity index (χ1) is 10.7. The summed E-state index contributed by atoms with van der Waals surface area (Å²) in [4.78, 5) is 9.96. The van der Waals surface area contributed by atoms with Gasteiger partial charge in [-0.1, -0.05) is 11.2 Å². The van der Waals surface area contributed by atoms with Crippen LogP contribution in [0.5, 0.6) is 0 Å². The van der Waals surface area contributed by atoms with E-state index in [9.17, 15) is 0 Å². The maximum absolute atomic E-state index is 5.72. The number of hydrogen-bond donors (Lipinski definition) is 1. The fourth-order valence-electron chi connectivity index (χ4n) is 2.06. The average Bonchev–Trinajstić information content (AvgIpc) is 3.22. The minimum Gasteiger partial charge on any atom is -0.440 e. The number of nitrogens with one attached hydrogen (secondary N) is 1. The van der Waals surface area contributed by atoms with Crippen LogP contribution in [0.15, 0.2) is 26.5 Å². The molecule has 1 N–H and O–H groups in total. The van der Waals surface area contributed by atoms with E-state index in [2.05, 4.69) is 27.4 Å². The maximum Gasteiger partial charge on any atom is 0.236 e. The molecule has 0 aliphatic carbocycles. The zero-order valence-electron chi connectivity index (χ0n) is 13.2. The van der Waals surface area contributed by atoms with Gasteiger partial charge in [-0.3, -0.25) is 0 Å². The standard InChI is InChI=1S/C15H18N4O2S.ClH/c1-9(16-3)7-13-18-14(21-19-13)8-11-10(2)20-15(17-11)12-5-4-6-22-12;/h4-6,9,16H,7-8H2,1-3H3;1H. The molecule has 0 saturated heterocycles. The van der Waals surface area contributed by atoms with E-state index in [4.69, 9.17) is 8.94 Å². The van der Waals surface area contributed by atoms with Crippen molar-refractivity contribution in [3.05, 3.63) is 40.7 Å². The molecule has 3 aromatic heterocycles. The van der Waals surface area contributed by atoms with E-state index in [-0.39, 0.29) is 12.4 Å². The Morgan fingerprint density at radius 3 is 2.87 bits per heavy atom. The van der Waals surface area contributed by atoms with Gasteiger partial charge in [0.05, 0.1) is 17.0 Å². The predicted molar refractivity (Wildman–Crippen MR) is 91.1 cm³/mol. The summed E-state index contributed by atoms with van der Waals surface area (Å²) in [7, 11) is 1.91. The van der Waals surface area contributed by atoms with Crippen LogP contribution in [-0.2, 0) is 12.8 Å². The Morgan fingerprint density at radius 2 is 2.17 bits per heavy atom. The molecule has 1 unspecified atom stereocenters. The lowest BCUT2D eigenvalue weighted by Gasteiger charge is -2.04. The molecule has 0 spiro atoms. The second-order valence-electron chi connectivity index (χ2n) is 5.17. The number of thiophene rings is 1. The van der Waals surface area contributed by atoms with Crippen LogP contribution in [0, 0.1) is 6.92 Å². The quantitative estimate of drug-likeness (QED) is 0.732. The van der Waals surface area contributed by atoms with Crippen molar-refractivity contribution >= 4 is 23.7 Å². The number of likely N-dealkylation sites (N-methyl/N-ethyl adjacent to an activating group) is 1. The molecule has 0 amide bonds. The van der Waals surface area contributed by atoms with E-state index in [1.54, 1.807) is 11.3 Å². The largest absolute Gasteiger partial charge is 0.440 e. The lowest BCUT2D eigenvalue weighted by atomic mass is 10.2. The second-order valence-corrected chi connectivity index (χ2v) is 6.12. The summed E-state index contributed by atoms with van der Waals surface area (Å²) in [5.74, 6) is 2.70. The van der Waals surface area contributed by atoms with Gasteiger partial charge in [0.25, 0.3) is 0 Å². The minimum atomic E-state index is 0. The Morgan fingerprint density at radius 1 is 1.35 bits per heavy atom. The minimum absolute atomic E-state index is 0. The molecule has 23 heavy (non-hydrogen) atoms. The molecular formula is C15H19ClN4O2S. The first-order valence-corrected chi connectivity index (χ1v) is 8.02. The monoisotopic (exact) mass is 354 g/mol. The average molecular weight is 355 g/mol. The Labute approximate surface area is 144 Å². The van der Waals surface area contributed by atoms with Crippen molar-refractivity contribution in [3.8, 4) is 10.8 Å². The van der Waals surface area contributed by atoms with Crippen molar-refractivity contribution in [1.82, 2.24) is 20.4 Å². The van der Waals surface area contributed by atoms with E-state index >= 15 is 0 Å². The van der Waals surface area contributed by atoms with Gasteiger partial charge in [0.15, 0.2) is 5.82 Å². The molecule has 0 radical (unpaired) electrons. The molecule has 0 bridgehead atoms. The lowest BCUT2D eigenvalue weighted by molar-refractivity contribution is 0.376. The highest BCUT2D eigenvalue weighted by Crippen LogP contribution is 2.26. The third-order valence-corrected chi connectivity index (χ3v) is 4.29. The number of aromatic nitrogens is 3. The van der Waals surface area contributed by atoms with Gasteiger partial charge in [-0.25, -0.2) is 4.98 Å². The molecule has 3 rings (SSSR count). The smallest absolute Gasteiger partial charge is 0.236 e. The van der Waals surface area contributed by atoms with E-state index in [1.807, 2.05) is 31.5 Å². The van der Waals surface area contributed by atoms with Gasteiger partial charge in [0.2, 0.25) is 11.8 Å². The van der Waals surface area contributed by atoms with Crippen molar-refractivity contribution < 1.29 is 8.94 Å². The fraction of sp³-hybridized carbons (Fsp3) is 0.400. The predicted octanol–water partition coefficient (Wildman–Crippen LogP) is 3.26. The van der Waals surface area contributed by atoms with Crippen molar-refractivity contribution in [2.24, 2.45) is 0 Å². The third kappa shape index (κ3) is 4.19. The Kier molecular flexibility index (Phi) is 5.92. The van der Waals surface area contributed by atoms with Crippen molar-refractivity contribution in [1.29, 1.82) is 0 Å². The van der Waals surface area contributed by atoms with Gasteiger partial charge in [-0.2, -0.15) is 4.98 Å². The number of oxazole rings is 1. The molecule has 0 aliphatic rings. The van der Waals surface area contributed by atoms with Crippen molar-refractivity contribution in [2.75, 3.05) is 7.05 Å². The van der Waals surface area contributed by atoms with Crippen LogP contribution in [0.4, 0.5) is 0 Å². The normalized spacial score (nSPS) is 12.1. The number of halogens is 1. The molecule has 6 nitrogen and oxygen atoms in total. The zero-order chi connectivity index (χ0) is 15.5. The molecule has 0 saturated carbocycles. The number of hydrogen-bond acceptors (Lipinski definition) is 7. The van der Waals surface area contributed by atoms with Crippen LogP contribution in [0.25, 0.3) is 10.8 Å².